The van der Waals surface area contributed by atoms with Crippen LogP contribution in [0.5, 0.6) is 0 Å². The second kappa shape index (κ2) is 6.56. The first kappa shape index (κ1) is 14.6. The summed E-state index contributed by atoms with van der Waals surface area (Å²) in [5.74, 6) is 0. The lowest BCUT2D eigenvalue weighted by molar-refractivity contribution is 0.630. The van der Waals surface area contributed by atoms with Gasteiger partial charge in [-0.2, -0.15) is 0 Å². The first-order valence-electron chi connectivity index (χ1n) is 6.37. The highest BCUT2D eigenvalue weighted by molar-refractivity contribution is 9.10. The Morgan fingerprint density at radius 2 is 1.84 bits per heavy atom. The van der Waals surface area contributed by atoms with Crippen molar-refractivity contribution in [3.63, 3.8) is 0 Å². The van der Waals surface area contributed by atoms with Gasteiger partial charge in [0.25, 0.3) is 0 Å². The maximum atomic E-state index is 6.46. The molecule has 2 aromatic carbocycles. The lowest BCUT2D eigenvalue weighted by atomic mass is 9.97. The SMILES string of the molecule is CCNC(c1ccc(Br)cc1)c1cccc(C)c1Cl. The van der Waals surface area contributed by atoms with Crippen molar-refractivity contribution in [2.45, 2.75) is 19.9 Å². The summed E-state index contributed by atoms with van der Waals surface area (Å²) in [5, 5.41) is 4.35. The zero-order valence-corrected chi connectivity index (χ0v) is 13.4. The van der Waals surface area contributed by atoms with Crippen LogP contribution in [-0.4, -0.2) is 6.54 Å². The molecule has 0 saturated carbocycles. The van der Waals surface area contributed by atoms with Crippen LogP contribution in [0, 0.1) is 6.92 Å². The van der Waals surface area contributed by atoms with Gasteiger partial charge < -0.3 is 5.32 Å². The monoisotopic (exact) mass is 337 g/mol. The molecule has 0 aliphatic rings. The molecule has 1 unspecified atom stereocenters. The van der Waals surface area contributed by atoms with E-state index in [9.17, 15) is 0 Å². The molecule has 2 aromatic rings. The second-order valence-electron chi connectivity index (χ2n) is 4.52. The largest absolute Gasteiger partial charge is 0.306 e. The second-order valence-corrected chi connectivity index (χ2v) is 5.81. The Hall–Kier alpha value is -0.830. The standard InChI is InChI=1S/C16H17BrClN/c1-3-19-16(12-7-9-13(17)10-8-12)14-6-4-5-11(2)15(14)18/h4-10,16,19H,3H2,1-2H3. The summed E-state index contributed by atoms with van der Waals surface area (Å²) in [6.45, 7) is 5.04. The molecule has 0 heterocycles. The molecule has 0 spiro atoms. The van der Waals surface area contributed by atoms with E-state index in [0.717, 1.165) is 27.2 Å². The van der Waals surface area contributed by atoms with E-state index in [2.05, 4.69) is 64.6 Å². The molecule has 0 aromatic heterocycles. The molecular formula is C16H17BrClN. The predicted molar refractivity (Wildman–Crippen MR) is 85.9 cm³/mol. The summed E-state index contributed by atoms with van der Waals surface area (Å²) in [6, 6.07) is 14.7. The van der Waals surface area contributed by atoms with Gasteiger partial charge in [0.1, 0.15) is 0 Å². The molecule has 3 heteroatoms. The molecule has 0 bridgehead atoms. The third-order valence-corrected chi connectivity index (χ3v) is 4.19. The van der Waals surface area contributed by atoms with Gasteiger partial charge >= 0.3 is 0 Å². The van der Waals surface area contributed by atoms with E-state index in [1.165, 1.54) is 5.56 Å². The van der Waals surface area contributed by atoms with Gasteiger partial charge in [-0.3, -0.25) is 0 Å². The van der Waals surface area contributed by atoms with Crippen molar-refractivity contribution in [1.29, 1.82) is 0 Å². The lowest BCUT2D eigenvalue weighted by Crippen LogP contribution is -2.22. The van der Waals surface area contributed by atoms with Crippen molar-refractivity contribution in [3.8, 4) is 0 Å². The van der Waals surface area contributed by atoms with Crippen LogP contribution in [0.25, 0.3) is 0 Å². The first-order chi connectivity index (χ1) is 9.13. The van der Waals surface area contributed by atoms with Gasteiger partial charge in [0.2, 0.25) is 0 Å². The topological polar surface area (TPSA) is 12.0 Å². The van der Waals surface area contributed by atoms with Crippen LogP contribution < -0.4 is 5.32 Å². The quantitative estimate of drug-likeness (QED) is 0.817. The van der Waals surface area contributed by atoms with E-state index in [1.807, 2.05) is 13.0 Å². The van der Waals surface area contributed by atoms with Crippen molar-refractivity contribution < 1.29 is 0 Å². The van der Waals surface area contributed by atoms with E-state index in [-0.39, 0.29) is 6.04 Å². The predicted octanol–water partition coefficient (Wildman–Crippen LogP) is 5.11. The highest BCUT2D eigenvalue weighted by atomic mass is 79.9. The van der Waals surface area contributed by atoms with Gasteiger partial charge in [-0.1, -0.05) is 64.8 Å². The third-order valence-electron chi connectivity index (χ3n) is 3.14. The van der Waals surface area contributed by atoms with Crippen molar-refractivity contribution >= 4 is 27.5 Å². The van der Waals surface area contributed by atoms with E-state index in [4.69, 9.17) is 11.6 Å². The van der Waals surface area contributed by atoms with E-state index >= 15 is 0 Å². The summed E-state index contributed by atoms with van der Waals surface area (Å²) >= 11 is 9.93. The summed E-state index contributed by atoms with van der Waals surface area (Å²) < 4.78 is 1.09. The molecule has 0 amide bonds. The Bertz CT molecular complexity index is 551. The van der Waals surface area contributed by atoms with Gasteiger partial charge in [-0.15, -0.1) is 0 Å². The van der Waals surface area contributed by atoms with E-state index < -0.39 is 0 Å². The molecule has 2 rings (SSSR count). The van der Waals surface area contributed by atoms with Gasteiger partial charge in [0.05, 0.1) is 6.04 Å². The fraction of sp³-hybridized carbons (Fsp3) is 0.250. The van der Waals surface area contributed by atoms with Crippen LogP contribution in [0.15, 0.2) is 46.9 Å². The van der Waals surface area contributed by atoms with Crippen molar-refractivity contribution in [2.75, 3.05) is 6.54 Å². The van der Waals surface area contributed by atoms with Crippen molar-refractivity contribution in [2.24, 2.45) is 0 Å². The van der Waals surface area contributed by atoms with Crippen LogP contribution in [-0.2, 0) is 0 Å². The highest BCUT2D eigenvalue weighted by Gasteiger charge is 2.16. The third kappa shape index (κ3) is 3.38. The molecular weight excluding hydrogens is 322 g/mol. The number of hydrogen-bond acceptors (Lipinski definition) is 1. The first-order valence-corrected chi connectivity index (χ1v) is 7.54. The van der Waals surface area contributed by atoms with Gasteiger partial charge in [0.15, 0.2) is 0 Å². The minimum atomic E-state index is 0.130. The van der Waals surface area contributed by atoms with E-state index in [1.54, 1.807) is 0 Å². The molecule has 0 fully saturated rings. The normalized spacial score (nSPS) is 12.4. The molecule has 0 saturated heterocycles. The molecule has 100 valence electrons. The number of benzene rings is 2. The minimum absolute atomic E-state index is 0.130. The fourth-order valence-corrected chi connectivity index (χ4v) is 2.66. The van der Waals surface area contributed by atoms with Gasteiger partial charge in [-0.25, -0.2) is 0 Å². The number of aryl methyl sites for hydroxylation is 1. The Morgan fingerprint density at radius 1 is 1.16 bits per heavy atom. The Kier molecular flexibility index (Phi) is 5.03. The minimum Gasteiger partial charge on any atom is -0.306 e. The Balaban J connectivity index is 2.45. The van der Waals surface area contributed by atoms with Gasteiger partial charge in [-0.05, 0) is 42.3 Å². The van der Waals surface area contributed by atoms with Crippen molar-refractivity contribution in [1.82, 2.24) is 5.32 Å². The molecule has 1 nitrogen and oxygen atoms in total. The van der Waals surface area contributed by atoms with E-state index in [0.29, 0.717) is 0 Å². The van der Waals surface area contributed by atoms with Crippen LogP contribution in [0.3, 0.4) is 0 Å². The lowest BCUT2D eigenvalue weighted by Gasteiger charge is -2.21. The molecule has 19 heavy (non-hydrogen) atoms. The number of nitrogens with one attached hydrogen (secondary N) is 1. The molecule has 1 atom stereocenters. The zero-order chi connectivity index (χ0) is 13.8. The molecule has 0 radical (unpaired) electrons. The summed E-state index contributed by atoms with van der Waals surface area (Å²) in [6.07, 6.45) is 0. The summed E-state index contributed by atoms with van der Waals surface area (Å²) in [4.78, 5) is 0. The van der Waals surface area contributed by atoms with Crippen LogP contribution in [0.2, 0.25) is 5.02 Å². The smallest absolute Gasteiger partial charge is 0.0591 e. The molecule has 0 aliphatic carbocycles. The van der Waals surface area contributed by atoms with Crippen molar-refractivity contribution in [3.05, 3.63) is 68.7 Å². The average Bonchev–Trinajstić information content (AvgIpc) is 2.41. The van der Waals surface area contributed by atoms with Crippen LogP contribution in [0.1, 0.15) is 29.7 Å². The summed E-state index contributed by atoms with van der Waals surface area (Å²) in [7, 11) is 0. The number of halogens is 2. The maximum Gasteiger partial charge on any atom is 0.0591 e. The van der Waals surface area contributed by atoms with Gasteiger partial charge in [0, 0.05) is 9.50 Å². The molecule has 0 aliphatic heterocycles. The maximum absolute atomic E-state index is 6.46. The Labute approximate surface area is 128 Å². The van der Waals surface area contributed by atoms with Crippen LogP contribution >= 0.6 is 27.5 Å². The number of rotatable bonds is 4. The summed E-state index contributed by atoms with van der Waals surface area (Å²) in [5.41, 5.74) is 3.46. The zero-order valence-electron chi connectivity index (χ0n) is 11.1. The average molecular weight is 339 g/mol. The molecule has 1 N–H and O–H groups in total. The number of hydrogen-bond donors (Lipinski definition) is 1. The Morgan fingerprint density at radius 3 is 2.47 bits per heavy atom. The van der Waals surface area contributed by atoms with Crippen LogP contribution in [0.4, 0.5) is 0 Å². The highest BCUT2D eigenvalue weighted by Crippen LogP contribution is 2.31. The fourth-order valence-electron chi connectivity index (χ4n) is 2.16.